The molecule has 35 heavy (non-hydrogen) atoms. The number of piperazine rings is 1. The summed E-state index contributed by atoms with van der Waals surface area (Å²) < 4.78 is 15.1. The molecule has 4 aromatic rings. The number of likely N-dealkylation sites (N-methyl/N-ethyl adjacent to an activating group) is 1. The third-order valence-electron chi connectivity index (χ3n) is 6.34. The number of amides is 1. The number of aryl methyl sites for hydroxylation is 1. The molecule has 1 N–H and O–H groups in total. The highest BCUT2D eigenvalue weighted by molar-refractivity contribution is 6.09. The maximum Gasteiger partial charge on any atom is 0.259 e. The van der Waals surface area contributed by atoms with E-state index < -0.39 is 0 Å². The smallest absolute Gasteiger partial charge is 0.259 e. The van der Waals surface area contributed by atoms with E-state index in [1.807, 2.05) is 55.5 Å². The lowest BCUT2D eigenvalue weighted by Crippen LogP contribution is -2.44. The zero-order chi connectivity index (χ0) is 24.4. The Balaban J connectivity index is 1.51. The first-order valence-corrected chi connectivity index (χ1v) is 11.7. The Morgan fingerprint density at radius 3 is 2.43 bits per heavy atom. The van der Waals surface area contributed by atoms with Gasteiger partial charge in [-0.25, -0.2) is 9.07 Å². The highest BCUT2D eigenvalue weighted by Crippen LogP contribution is 2.29. The third kappa shape index (κ3) is 4.95. The van der Waals surface area contributed by atoms with Crippen molar-refractivity contribution in [3.8, 4) is 16.9 Å². The SMILES string of the molecule is Cc1cccc(-c2nn(-c3ccc(F)cc3)cc2C(=O)Nc2ccccc2N2CCN(C)CC2)c1. The van der Waals surface area contributed by atoms with Crippen LogP contribution in [0.1, 0.15) is 15.9 Å². The van der Waals surface area contributed by atoms with Crippen molar-refractivity contribution >= 4 is 17.3 Å². The minimum Gasteiger partial charge on any atom is -0.367 e. The van der Waals surface area contributed by atoms with Crippen molar-refractivity contribution in [2.75, 3.05) is 43.4 Å². The summed E-state index contributed by atoms with van der Waals surface area (Å²) in [6, 6.07) is 21.9. The Hall–Kier alpha value is -3.97. The van der Waals surface area contributed by atoms with Gasteiger partial charge in [-0.15, -0.1) is 0 Å². The minimum atomic E-state index is -0.321. The van der Waals surface area contributed by atoms with Crippen molar-refractivity contribution in [2.24, 2.45) is 0 Å². The van der Waals surface area contributed by atoms with E-state index >= 15 is 0 Å². The number of nitrogens with zero attached hydrogens (tertiary/aromatic N) is 4. The van der Waals surface area contributed by atoms with Gasteiger partial charge in [0.1, 0.15) is 11.5 Å². The van der Waals surface area contributed by atoms with Gasteiger partial charge >= 0.3 is 0 Å². The standard InChI is InChI=1S/C28H28FN5O/c1-20-6-5-7-21(18-20)27-24(19-34(31-27)23-12-10-22(29)11-13-23)28(35)30-25-8-3-4-9-26(25)33-16-14-32(2)15-17-33/h3-13,18-19H,14-17H2,1-2H3,(H,30,35). The molecule has 1 aliphatic rings. The van der Waals surface area contributed by atoms with Crippen LogP contribution >= 0.6 is 0 Å². The van der Waals surface area contributed by atoms with Crippen LogP contribution in [0, 0.1) is 12.7 Å². The number of carbonyl (C=O) groups excluding carboxylic acids is 1. The van der Waals surface area contributed by atoms with Crippen molar-refractivity contribution in [1.82, 2.24) is 14.7 Å². The predicted octanol–water partition coefficient (Wildman–Crippen LogP) is 4.99. The topological polar surface area (TPSA) is 53.4 Å². The van der Waals surface area contributed by atoms with Crippen LogP contribution in [0.15, 0.2) is 79.0 Å². The number of para-hydroxylation sites is 2. The van der Waals surface area contributed by atoms with Gasteiger partial charge in [0.05, 0.1) is 22.6 Å². The zero-order valence-electron chi connectivity index (χ0n) is 19.9. The van der Waals surface area contributed by atoms with Crippen LogP contribution in [-0.2, 0) is 0 Å². The number of rotatable bonds is 5. The van der Waals surface area contributed by atoms with Crippen LogP contribution < -0.4 is 10.2 Å². The molecule has 1 aliphatic heterocycles. The molecule has 1 fully saturated rings. The number of carbonyl (C=O) groups is 1. The summed E-state index contributed by atoms with van der Waals surface area (Å²) in [7, 11) is 2.12. The van der Waals surface area contributed by atoms with Crippen molar-refractivity contribution < 1.29 is 9.18 Å². The lowest BCUT2D eigenvalue weighted by atomic mass is 10.1. The predicted molar refractivity (Wildman–Crippen MR) is 138 cm³/mol. The van der Waals surface area contributed by atoms with E-state index in [4.69, 9.17) is 5.10 Å². The molecule has 0 atom stereocenters. The van der Waals surface area contributed by atoms with Crippen LogP contribution in [0.25, 0.3) is 16.9 Å². The average Bonchev–Trinajstić information content (AvgIpc) is 3.31. The van der Waals surface area contributed by atoms with Crippen molar-refractivity contribution in [2.45, 2.75) is 6.92 Å². The summed E-state index contributed by atoms with van der Waals surface area (Å²) in [6.07, 6.45) is 1.71. The van der Waals surface area contributed by atoms with Gasteiger partial charge in [0.25, 0.3) is 5.91 Å². The Morgan fingerprint density at radius 1 is 0.943 bits per heavy atom. The molecule has 1 aromatic heterocycles. The van der Waals surface area contributed by atoms with Crippen LogP contribution in [0.5, 0.6) is 0 Å². The van der Waals surface area contributed by atoms with Gasteiger partial charge in [0.15, 0.2) is 0 Å². The fourth-order valence-corrected chi connectivity index (χ4v) is 4.36. The molecule has 178 valence electrons. The molecule has 0 unspecified atom stereocenters. The molecule has 7 heteroatoms. The number of halogens is 1. The van der Waals surface area contributed by atoms with Gasteiger partial charge in [-0.3, -0.25) is 4.79 Å². The summed E-state index contributed by atoms with van der Waals surface area (Å²) in [5, 5.41) is 7.85. The van der Waals surface area contributed by atoms with Crippen LogP contribution in [0.4, 0.5) is 15.8 Å². The molecular weight excluding hydrogens is 441 g/mol. The van der Waals surface area contributed by atoms with Crippen molar-refractivity contribution in [3.05, 3.63) is 95.9 Å². The lowest BCUT2D eigenvalue weighted by Gasteiger charge is -2.35. The highest BCUT2D eigenvalue weighted by Gasteiger charge is 2.22. The second-order valence-electron chi connectivity index (χ2n) is 8.94. The number of nitrogens with one attached hydrogen (secondary N) is 1. The summed E-state index contributed by atoms with van der Waals surface area (Å²) in [6.45, 7) is 5.77. The maximum absolute atomic E-state index is 13.6. The molecule has 1 amide bonds. The van der Waals surface area contributed by atoms with E-state index in [0.29, 0.717) is 16.9 Å². The van der Waals surface area contributed by atoms with E-state index in [-0.39, 0.29) is 11.7 Å². The molecule has 2 heterocycles. The van der Waals surface area contributed by atoms with Crippen LogP contribution in [-0.4, -0.2) is 53.8 Å². The third-order valence-corrected chi connectivity index (χ3v) is 6.34. The molecule has 0 saturated carbocycles. The zero-order valence-corrected chi connectivity index (χ0v) is 19.9. The van der Waals surface area contributed by atoms with Gasteiger partial charge in [0, 0.05) is 37.9 Å². The van der Waals surface area contributed by atoms with Crippen LogP contribution in [0.2, 0.25) is 0 Å². The summed E-state index contributed by atoms with van der Waals surface area (Å²) in [5.41, 5.74) is 5.41. The number of anilines is 2. The molecule has 0 radical (unpaired) electrons. The monoisotopic (exact) mass is 469 g/mol. The van der Waals surface area contributed by atoms with Gasteiger partial charge in [-0.2, -0.15) is 5.10 Å². The average molecular weight is 470 g/mol. The maximum atomic E-state index is 13.6. The number of hydrogen-bond acceptors (Lipinski definition) is 4. The van der Waals surface area contributed by atoms with E-state index in [0.717, 1.165) is 48.7 Å². The van der Waals surface area contributed by atoms with E-state index in [1.165, 1.54) is 12.1 Å². The highest BCUT2D eigenvalue weighted by atomic mass is 19.1. The second kappa shape index (κ2) is 9.72. The first-order valence-electron chi connectivity index (χ1n) is 11.7. The van der Waals surface area contributed by atoms with Gasteiger partial charge in [-0.05, 0) is 56.4 Å². The fraction of sp³-hybridized carbons (Fsp3) is 0.214. The molecule has 0 aliphatic carbocycles. The Bertz CT molecular complexity index is 1340. The molecule has 1 saturated heterocycles. The molecule has 5 rings (SSSR count). The molecular formula is C28H28FN5O. The van der Waals surface area contributed by atoms with Gasteiger partial charge in [-0.1, -0.05) is 35.9 Å². The largest absolute Gasteiger partial charge is 0.367 e. The van der Waals surface area contributed by atoms with E-state index in [9.17, 15) is 9.18 Å². The second-order valence-corrected chi connectivity index (χ2v) is 8.94. The minimum absolute atomic E-state index is 0.239. The molecule has 0 bridgehead atoms. The first-order chi connectivity index (χ1) is 17.0. The molecule has 3 aromatic carbocycles. The van der Waals surface area contributed by atoms with Crippen LogP contribution in [0.3, 0.4) is 0 Å². The van der Waals surface area contributed by atoms with E-state index in [2.05, 4.69) is 22.2 Å². The lowest BCUT2D eigenvalue weighted by molar-refractivity contribution is 0.102. The molecule has 6 nitrogen and oxygen atoms in total. The first kappa shape index (κ1) is 22.8. The quantitative estimate of drug-likeness (QED) is 0.447. The number of hydrogen-bond donors (Lipinski definition) is 1. The number of benzene rings is 3. The van der Waals surface area contributed by atoms with E-state index in [1.54, 1.807) is 23.0 Å². The Morgan fingerprint density at radius 2 is 1.69 bits per heavy atom. The Labute approximate surface area is 204 Å². The molecule has 0 spiro atoms. The number of aromatic nitrogens is 2. The summed E-state index contributed by atoms with van der Waals surface area (Å²) in [4.78, 5) is 18.2. The summed E-state index contributed by atoms with van der Waals surface area (Å²) >= 11 is 0. The van der Waals surface area contributed by atoms with Gasteiger partial charge < -0.3 is 15.1 Å². The summed E-state index contributed by atoms with van der Waals surface area (Å²) in [5.74, 6) is -0.560. The van der Waals surface area contributed by atoms with Crippen molar-refractivity contribution in [3.63, 3.8) is 0 Å². The van der Waals surface area contributed by atoms with Gasteiger partial charge in [0.2, 0.25) is 0 Å². The fourth-order valence-electron chi connectivity index (χ4n) is 4.36. The van der Waals surface area contributed by atoms with Crippen molar-refractivity contribution in [1.29, 1.82) is 0 Å². The Kier molecular flexibility index (Phi) is 6.33. The normalized spacial score (nSPS) is 14.2.